The van der Waals surface area contributed by atoms with E-state index in [-0.39, 0.29) is 19.6 Å². The SMILES string of the molecule is CC1=C(CC(=O)OCc2cccc(CO[N+](=O)[O-])n2)c2cc(F)ccc2/C1=C\c1ccc(S(C)=O)cc1. The molecule has 8 nitrogen and oxygen atoms in total. The van der Waals surface area contributed by atoms with Crippen molar-refractivity contribution in [3.05, 3.63) is 110 Å². The van der Waals surface area contributed by atoms with Gasteiger partial charge >= 0.3 is 5.97 Å². The van der Waals surface area contributed by atoms with Crippen molar-refractivity contribution in [2.24, 2.45) is 0 Å². The number of fused-ring (bicyclic) bond motifs is 1. The third-order valence-electron chi connectivity index (χ3n) is 5.86. The summed E-state index contributed by atoms with van der Waals surface area (Å²) in [6, 6.07) is 16.6. The summed E-state index contributed by atoms with van der Waals surface area (Å²) >= 11 is 0. The first-order valence-electron chi connectivity index (χ1n) is 11.2. The number of pyridine rings is 1. The minimum absolute atomic E-state index is 0.0719. The fourth-order valence-electron chi connectivity index (χ4n) is 4.06. The Hall–Kier alpha value is -4.18. The van der Waals surface area contributed by atoms with Crippen LogP contribution in [-0.2, 0) is 38.4 Å². The summed E-state index contributed by atoms with van der Waals surface area (Å²) in [6.07, 6.45) is 3.50. The minimum atomic E-state index is -1.08. The lowest BCUT2D eigenvalue weighted by atomic mass is 10.0. The lowest BCUT2D eigenvalue weighted by molar-refractivity contribution is -0.763. The highest BCUT2D eigenvalue weighted by Gasteiger charge is 2.26. The largest absolute Gasteiger partial charge is 0.459 e. The molecule has 0 saturated carbocycles. The fourth-order valence-corrected chi connectivity index (χ4v) is 4.58. The average Bonchev–Trinajstić information content (AvgIpc) is 3.12. The number of rotatable bonds is 9. The maximum absolute atomic E-state index is 14.1. The molecular weight excluding hydrogens is 499 g/mol. The number of halogens is 1. The van der Waals surface area contributed by atoms with Crippen LogP contribution in [-0.4, -0.2) is 26.5 Å². The predicted octanol–water partition coefficient (Wildman–Crippen LogP) is 5.13. The lowest BCUT2D eigenvalue weighted by Crippen LogP contribution is -2.08. The van der Waals surface area contributed by atoms with Crippen LogP contribution >= 0.6 is 0 Å². The second-order valence-corrected chi connectivity index (χ2v) is 9.71. The van der Waals surface area contributed by atoms with Crippen molar-refractivity contribution < 1.29 is 28.1 Å². The number of hydrogen-bond acceptors (Lipinski definition) is 7. The van der Waals surface area contributed by atoms with Crippen LogP contribution in [0, 0.1) is 15.9 Å². The zero-order valence-corrected chi connectivity index (χ0v) is 20.9. The maximum Gasteiger partial charge on any atom is 0.310 e. The van der Waals surface area contributed by atoms with Gasteiger partial charge in [-0.15, -0.1) is 10.1 Å². The number of carbonyl (C=O) groups is 1. The molecule has 2 aromatic carbocycles. The fraction of sp³-hybridized carbons (Fsp3) is 0.185. The number of hydrogen-bond donors (Lipinski definition) is 0. The highest BCUT2D eigenvalue weighted by molar-refractivity contribution is 7.84. The Bertz CT molecular complexity index is 1450. The standard InChI is InChI=1S/C27H23FN2O6S/c1-17-24(12-18-6-9-22(10-7-18)37(2)34)23-11-8-19(28)13-26(23)25(17)14-27(31)35-15-20-4-3-5-21(29-20)16-36-30(32)33/h3-13H,14-16H2,1-2H3/b24-12-. The van der Waals surface area contributed by atoms with Crippen LogP contribution in [0.25, 0.3) is 17.2 Å². The average molecular weight is 523 g/mol. The topological polar surface area (TPSA) is 109 Å². The highest BCUT2D eigenvalue weighted by Crippen LogP contribution is 2.44. The first kappa shape index (κ1) is 25.9. The number of esters is 1. The molecule has 10 heteroatoms. The van der Waals surface area contributed by atoms with Crippen LogP contribution in [0.2, 0.25) is 0 Å². The second-order valence-electron chi connectivity index (χ2n) is 8.33. The summed E-state index contributed by atoms with van der Waals surface area (Å²) in [5.41, 5.74) is 5.43. The molecule has 1 heterocycles. The Kier molecular flexibility index (Phi) is 7.88. The van der Waals surface area contributed by atoms with Gasteiger partial charge in [-0.1, -0.05) is 24.3 Å². The van der Waals surface area contributed by atoms with Gasteiger partial charge in [0.15, 0.2) is 0 Å². The zero-order chi connectivity index (χ0) is 26.5. The number of benzene rings is 2. The molecule has 0 amide bonds. The molecule has 1 aliphatic carbocycles. The third-order valence-corrected chi connectivity index (χ3v) is 6.80. The lowest BCUT2D eigenvalue weighted by Gasteiger charge is -2.08. The van der Waals surface area contributed by atoms with E-state index in [0.29, 0.717) is 22.5 Å². The molecule has 0 aliphatic heterocycles. The number of nitrogens with zero attached hydrogens (tertiary/aromatic N) is 2. The second kappa shape index (κ2) is 11.3. The molecule has 1 aromatic heterocycles. The molecular formula is C27H23FN2O6S. The summed E-state index contributed by atoms with van der Waals surface area (Å²) in [4.78, 5) is 32.3. The Morgan fingerprint density at radius 3 is 2.46 bits per heavy atom. The molecule has 0 spiro atoms. The molecule has 37 heavy (non-hydrogen) atoms. The van der Waals surface area contributed by atoms with E-state index >= 15 is 0 Å². The molecule has 4 rings (SSSR count). The Morgan fingerprint density at radius 2 is 1.78 bits per heavy atom. The van der Waals surface area contributed by atoms with Gasteiger partial charge in [0.05, 0.1) is 17.8 Å². The Morgan fingerprint density at radius 1 is 1.08 bits per heavy atom. The number of allylic oxidation sites excluding steroid dienone is 2. The minimum Gasteiger partial charge on any atom is -0.459 e. The highest BCUT2D eigenvalue weighted by atomic mass is 32.2. The van der Waals surface area contributed by atoms with E-state index in [1.165, 1.54) is 12.1 Å². The van der Waals surface area contributed by atoms with E-state index in [0.717, 1.165) is 27.2 Å². The van der Waals surface area contributed by atoms with Crippen LogP contribution < -0.4 is 0 Å². The van der Waals surface area contributed by atoms with Gasteiger partial charge in [-0.3, -0.25) is 14.0 Å². The summed E-state index contributed by atoms with van der Waals surface area (Å²) in [5, 5.41) is 9.47. The van der Waals surface area contributed by atoms with Gasteiger partial charge in [0.1, 0.15) is 19.0 Å². The molecule has 1 aliphatic rings. The predicted molar refractivity (Wildman–Crippen MR) is 136 cm³/mol. The van der Waals surface area contributed by atoms with Gasteiger partial charge < -0.3 is 9.57 Å². The summed E-state index contributed by atoms with van der Waals surface area (Å²) in [7, 11) is -1.08. The van der Waals surface area contributed by atoms with Gasteiger partial charge in [-0.05, 0) is 82.8 Å². The van der Waals surface area contributed by atoms with Crippen molar-refractivity contribution in [3.8, 4) is 0 Å². The summed E-state index contributed by atoms with van der Waals surface area (Å²) in [5.74, 6) is -0.930. The zero-order valence-electron chi connectivity index (χ0n) is 20.1. The summed E-state index contributed by atoms with van der Waals surface area (Å²) < 4.78 is 31.2. The van der Waals surface area contributed by atoms with Gasteiger partial charge in [0, 0.05) is 22.0 Å². The van der Waals surface area contributed by atoms with Crippen LogP contribution in [0.5, 0.6) is 0 Å². The maximum atomic E-state index is 14.1. The molecule has 0 N–H and O–H groups in total. The molecule has 3 aromatic rings. The van der Waals surface area contributed by atoms with Crippen molar-refractivity contribution in [2.45, 2.75) is 31.5 Å². The van der Waals surface area contributed by atoms with Crippen LogP contribution in [0.1, 0.15) is 41.4 Å². The van der Waals surface area contributed by atoms with E-state index in [9.17, 15) is 23.5 Å². The normalized spacial score (nSPS) is 14.4. The first-order chi connectivity index (χ1) is 17.7. The van der Waals surface area contributed by atoms with E-state index in [2.05, 4.69) is 9.82 Å². The summed E-state index contributed by atoms with van der Waals surface area (Å²) in [6.45, 7) is 1.45. The first-order valence-corrected chi connectivity index (χ1v) is 12.8. The smallest absolute Gasteiger partial charge is 0.310 e. The van der Waals surface area contributed by atoms with E-state index in [1.54, 1.807) is 42.7 Å². The number of ether oxygens (including phenoxy) is 1. The van der Waals surface area contributed by atoms with Crippen LogP contribution in [0.15, 0.2) is 71.1 Å². The Balaban J connectivity index is 1.53. The van der Waals surface area contributed by atoms with Crippen molar-refractivity contribution >= 4 is 34.0 Å². The van der Waals surface area contributed by atoms with Crippen molar-refractivity contribution in [1.82, 2.24) is 4.98 Å². The van der Waals surface area contributed by atoms with Crippen molar-refractivity contribution in [2.75, 3.05) is 6.26 Å². The molecule has 190 valence electrons. The quantitative estimate of drug-likeness (QED) is 0.218. The third kappa shape index (κ3) is 6.34. The molecule has 0 radical (unpaired) electrons. The molecule has 1 unspecified atom stereocenters. The van der Waals surface area contributed by atoms with Gasteiger partial charge in [-0.2, -0.15) is 0 Å². The van der Waals surface area contributed by atoms with Crippen LogP contribution in [0.3, 0.4) is 0 Å². The van der Waals surface area contributed by atoms with Gasteiger partial charge in [0.25, 0.3) is 5.09 Å². The van der Waals surface area contributed by atoms with E-state index < -0.39 is 27.7 Å². The number of carbonyl (C=O) groups excluding carboxylic acids is 1. The number of aromatic nitrogens is 1. The molecule has 0 bridgehead atoms. The van der Waals surface area contributed by atoms with Gasteiger partial charge in [-0.25, -0.2) is 4.39 Å². The molecule has 1 atom stereocenters. The Labute approximate surface area is 215 Å². The molecule has 0 fully saturated rings. The van der Waals surface area contributed by atoms with E-state index in [1.807, 2.05) is 25.1 Å². The van der Waals surface area contributed by atoms with Gasteiger partial charge in [0.2, 0.25) is 0 Å². The monoisotopic (exact) mass is 522 g/mol. The van der Waals surface area contributed by atoms with Crippen LogP contribution in [0.4, 0.5) is 4.39 Å². The van der Waals surface area contributed by atoms with Crippen molar-refractivity contribution in [1.29, 1.82) is 0 Å². The van der Waals surface area contributed by atoms with Crippen molar-refractivity contribution in [3.63, 3.8) is 0 Å². The molecule has 0 saturated heterocycles. The van der Waals surface area contributed by atoms with E-state index in [4.69, 9.17) is 4.74 Å².